The molecule has 3 rings (SSSR count). The molecule has 108 valence electrons. The van der Waals surface area contributed by atoms with Gasteiger partial charge < -0.3 is 14.7 Å². The molecule has 8 heteroatoms. The molecule has 0 unspecified atom stereocenters. The predicted octanol–water partition coefficient (Wildman–Crippen LogP) is 1.46. The molecule has 0 spiro atoms. The van der Waals surface area contributed by atoms with E-state index in [-0.39, 0.29) is 16.7 Å². The van der Waals surface area contributed by atoms with Crippen LogP contribution in [0.3, 0.4) is 0 Å². The molecule has 2 heterocycles. The summed E-state index contributed by atoms with van der Waals surface area (Å²) in [6.45, 7) is 0. The summed E-state index contributed by atoms with van der Waals surface area (Å²) < 4.78 is 33.1. The highest BCUT2D eigenvalue weighted by Gasteiger charge is 2.36. The Kier molecular flexibility index (Phi) is 2.94. The molecule has 20 heavy (non-hydrogen) atoms. The first-order valence-electron chi connectivity index (χ1n) is 6.32. The molecule has 1 aliphatic carbocycles. The van der Waals surface area contributed by atoms with Crippen LogP contribution in [0.25, 0.3) is 11.7 Å². The van der Waals surface area contributed by atoms with Gasteiger partial charge in [0.2, 0.25) is 14.9 Å². The maximum Gasteiger partial charge on any atom is 0.293 e. The van der Waals surface area contributed by atoms with Crippen molar-refractivity contribution < 1.29 is 17.4 Å². The molecule has 2 aromatic rings. The average molecular weight is 297 g/mol. The van der Waals surface area contributed by atoms with Crippen LogP contribution in [-0.4, -0.2) is 24.8 Å². The van der Waals surface area contributed by atoms with Gasteiger partial charge in [-0.25, -0.2) is 8.42 Å². The van der Waals surface area contributed by atoms with Gasteiger partial charge in [0, 0.05) is 6.26 Å². The van der Waals surface area contributed by atoms with Gasteiger partial charge >= 0.3 is 0 Å². The van der Waals surface area contributed by atoms with Gasteiger partial charge in [-0.15, -0.1) is 0 Å². The van der Waals surface area contributed by atoms with E-state index in [1.54, 1.807) is 0 Å². The number of furan rings is 1. The fourth-order valence-electron chi connectivity index (χ4n) is 2.39. The molecular weight excluding hydrogens is 282 g/mol. The zero-order chi connectivity index (χ0) is 14.4. The Morgan fingerprint density at radius 2 is 2.00 bits per heavy atom. The van der Waals surface area contributed by atoms with Gasteiger partial charge in [0.25, 0.3) is 5.89 Å². The largest absolute Gasteiger partial charge is 0.440 e. The van der Waals surface area contributed by atoms with Crippen LogP contribution < -0.4 is 5.73 Å². The predicted molar refractivity (Wildman–Crippen MR) is 69.4 cm³/mol. The van der Waals surface area contributed by atoms with E-state index in [4.69, 9.17) is 14.7 Å². The van der Waals surface area contributed by atoms with Crippen molar-refractivity contribution in [3.8, 4) is 11.7 Å². The van der Waals surface area contributed by atoms with Crippen molar-refractivity contribution >= 4 is 9.84 Å². The number of nitrogens with zero attached hydrogens (tertiary/aromatic N) is 2. The minimum absolute atomic E-state index is 0.129. The van der Waals surface area contributed by atoms with Crippen molar-refractivity contribution in [3.05, 3.63) is 18.0 Å². The quantitative estimate of drug-likeness (QED) is 0.912. The number of nitrogens with two attached hydrogens (primary N) is 1. The third-order valence-corrected chi connectivity index (χ3v) is 4.48. The van der Waals surface area contributed by atoms with E-state index in [1.165, 1.54) is 12.1 Å². The van der Waals surface area contributed by atoms with Gasteiger partial charge in [-0.3, -0.25) is 0 Å². The standard InChI is InChI=1S/C12H15N3O4S/c1-20(16,17)9-5-4-8(18-9)10-14-11(15-19-10)12(13)6-2-3-7-12/h4-5H,2-3,6-7,13H2,1H3. The molecule has 0 bridgehead atoms. The maximum atomic E-state index is 11.4. The molecule has 7 nitrogen and oxygen atoms in total. The summed E-state index contributed by atoms with van der Waals surface area (Å²) in [5.74, 6) is 0.819. The van der Waals surface area contributed by atoms with Gasteiger partial charge in [-0.1, -0.05) is 18.0 Å². The van der Waals surface area contributed by atoms with Crippen LogP contribution >= 0.6 is 0 Å². The van der Waals surface area contributed by atoms with Crippen molar-refractivity contribution in [1.82, 2.24) is 10.1 Å². The van der Waals surface area contributed by atoms with E-state index < -0.39 is 15.4 Å². The molecule has 0 aromatic carbocycles. The van der Waals surface area contributed by atoms with E-state index in [0.717, 1.165) is 31.9 Å². The second-order valence-electron chi connectivity index (χ2n) is 5.18. The lowest BCUT2D eigenvalue weighted by molar-refractivity contribution is 0.364. The Morgan fingerprint density at radius 3 is 2.60 bits per heavy atom. The van der Waals surface area contributed by atoms with Gasteiger partial charge in [0.15, 0.2) is 11.6 Å². The normalized spacial score (nSPS) is 18.5. The van der Waals surface area contributed by atoms with E-state index in [9.17, 15) is 8.42 Å². The second kappa shape index (κ2) is 4.42. The Balaban J connectivity index is 1.92. The summed E-state index contributed by atoms with van der Waals surface area (Å²) in [7, 11) is -3.39. The summed E-state index contributed by atoms with van der Waals surface area (Å²) in [6, 6.07) is 2.85. The zero-order valence-corrected chi connectivity index (χ0v) is 11.8. The van der Waals surface area contributed by atoms with Gasteiger partial charge in [0.1, 0.15) is 0 Å². The average Bonchev–Trinajstić information content (AvgIpc) is 3.07. The van der Waals surface area contributed by atoms with Gasteiger partial charge in [0.05, 0.1) is 5.54 Å². The smallest absolute Gasteiger partial charge is 0.293 e. The summed E-state index contributed by atoms with van der Waals surface area (Å²) in [5.41, 5.74) is 5.69. The molecule has 2 N–H and O–H groups in total. The summed E-state index contributed by atoms with van der Waals surface area (Å²) >= 11 is 0. The first-order chi connectivity index (χ1) is 9.38. The number of hydrogen-bond acceptors (Lipinski definition) is 7. The van der Waals surface area contributed by atoms with Crippen LogP contribution in [0, 0.1) is 0 Å². The van der Waals surface area contributed by atoms with Crippen LogP contribution in [0.2, 0.25) is 0 Å². The summed E-state index contributed by atoms with van der Waals surface area (Å²) in [6.07, 6.45) is 4.79. The Morgan fingerprint density at radius 1 is 1.30 bits per heavy atom. The second-order valence-corrected chi connectivity index (χ2v) is 7.12. The lowest BCUT2D eigenvalue weighted by atomic mass is 9.99. The molecule has 1 fully saturated rings. The van der Waals surface area contributed by atoms with Gasteiger partial charge in [-0.2, -0.15) is 4.98 Å². The van der Waals surface area contributed by atoms with Crippen molar-refractivity contribution in [3.63, 3.8) is 0 Å². The first-order valence-corrected chi connectivity index (χ1v) is 8.21. The highest BCUT2D eigenvalue weighted by Crippen LogP contribution is 2.35. The fraction of sp³-hybridized carbons (Fsp3) is 0.500. The fourth-order valence-corrected chi connectivity index (χ4v) is 2.95. The maximum absolute atomic E-state index is 11.4. The third kappa shape index (κ3) is 2.25. The Hall–Kier alpha value is -1.67. The molecule has 1 aliphatic rings. The molecule has 0 aliphatic heterocycles. The molecule has 0 atom stereocenters. The Labute approximate surface area is 116 Å². The molecule has 0 amide bonds. The van der Waals surface area contributed by atoms with Crippen LogP contribution in [0.15, 0.2) is 26.2 Å². The minimum atomic E-state index is -3.39. The molecule has 0 radical (unpaired) electrons. The monoisotopic (exact) mass is 297 g/mol. The van der Waals surface area contributed by atoms with Crippen LogP contribution in [0.1, 0.15) is 31.5 Å². The van der Waals surface area contributed by atoms with E-state index in [0.29, 0.717) is 5.82 Å². The van der Waals surface area contributed by atoms with Crippen LogP contribution in [-0.2, 0) is 15.4 Å². The van der Waals surface area contributed by atoms with Crippen molar-refractivity contribution in [2.45, 2.75) is 36.3 Å². The number of hydrogen-bond donors (Lipinski definition) is 1. The lowest BCUT2D eigenvalue weighted by Crippen LogP contribution is -2.34. The third-order valence-electron chi connectivity index (χ3n) is 3.52. The molecule has 2 aromatic heterocycles. The molecular formula is C12H15N3O4S. The van der Waals surface area contributed by atoms with Crippen molar-refractivity contribution in [1.29, 1.82) is 0 Å². The number of sulfone groups is 1. The lowest BCUT2D eigenvalue weighted by Gasteiger charge is -2.17. The number of rotatable bonds is 3. The van der Waals surface area contributed by atoms with Gasteiger partial charge in [-0.05, 0) is 25.0 Å². The highest BCUT2D eigenvalue weighted by molar-refractivity contribution is 7.90. The highest BCUT2D eigenvalue weighted by atomic mass is 32.2. The first kappa shape index (κ1) is 13.3. The van der Waals surface area contributed by atoms with E-state index >= 15 is 0 Å². The van der Waals surface area contributed by atoms with Crippen molar-refractivity contribution in [2.75, 3.05) is 6.26 Å². The summed E-state index contributed by atoms with van der Waals surface area (Å²) in [5, 5.41) is 3.77. The van der Waals surface area contributed by atoms with Crippen molar-refractivity contribution in [2.24, 2.45) is 5.73 Å². The van der Waals surface area contributed by atoms with E-state index in [1.807, 2.05) is 0 Å². The van der Waals surface area contributed by atoms with Crippen LogP contribution in [0.4, 0.5) is 0 Å². The minimum Gasteiger partial charge on any atom is -0.440 e. The topological polar surface area (TPSA) is 112 Å². The number of aromatic nitrogens is 2. The zero-order valence-electron chi connectivity index (χ0n) is 11.0. The van der Waals surface area contributed by atoms with E-state index in [2.05, 4.69) is 10.1 Å². The molecule has 1 saturated carbocycles. The van der Waals surface area contributed by atoms with Crippen LogP contribution in [0.5, 0.6) is 0 Å². The molecule has 0 saturated heterocycles. The Bertz CT molecular complexity index is 725. The summed E-state index contributed by atoms with van der Waals surface area (Å²) in [4.78, 5) is 4.24. The SMILES string of the molecule is CS(=O)(=O)c1ccc(-c2nc(C3(N)CCCC3)no2)o1.